The number of hydrogen-bond acceptors (Lipinski definition) is 3. The van der Waals surface area contributed by atoms with Crippen molar-refractivity contribution in [2.24, 2.45) is 0 Å². The van der Waals surface area contributed by atoms with Gasteiger partial charge in [-0.05, 0) is 31.4 Å². The summed E-state index contributed by atoms with van der Waals surface area (Å²) in [6.07, 6.45) is 3.02. The average molecular weight is 386 g/mol. The number of carbonyl (C=O) groups excluding carboxylic acids is 1. The maximum absolute atomic E-state index is 11.5. The van der Waals surface area contributed by atoms with E-state index in [1.54, 1.807) is 0 Å². The molecule has 27 heavy (non-hydrogen) atoms. The molecule has 2 amide bonds. The maximum Gasteiger partial charge on any atom is 0.315 e. The molecule has 2 fully saturated rings. The number of hydrogen-bond donors (Lipinski definition) is 3. The molecule has 2 aromatic rings. The molecule has 0 spiro atoms. The molecule has 2 aromatic carbocycles. The zero-order valence-electron chi connectivity index (χ0n) is 15.1. The standard InChI is InChI=1S/C21H24ClN3O2/c22-17-7-3-1-6-15(17)13-27-20-8-4-2-5-14(20)12-23-16-9-10-18-19(11-16)25-21(26)24-18/h1-8,16,18-19,23H,9-13H2,(H2,24,25,26). The van der Waals surface area contributed by atoms with Crippen LogP contribution in [0.3, 0.4) is 0 Å². The quantitative estimate of drug-likeness (QED) is 0.711. The van der Waals surface area contributed by atoms with Crippen LogP contribution < -0.4 is 20.7 Å². The monoisotopic (exact) mass is 385 g/mol. The first-order valence-electron chi connectivity index (χ1n) is 9.43. The van der Waals surface area contributed by atoms with E-state index in [0.717, 1.165) is 47.7 Å². The minimum atomic E-state index is -0.0380. The van der Waals surface area contributed by atoms with Gasteiger partial charge >= 0.3 is 6.03 Å². The van der Waals surface area contributed by atoms with Gasteiger partial charge in [0.25, 0.3) is 0 Å². The Morgan fingerprint density at radius 2 is 1.74 bits per heavy atom. The molecule has 4 rings (SSSR count). The summed E-state index contributed by atoms with van der Waals surface area (Å²) >= 11 is 6.22. The molecule has 0 radical (unpaired) electrons. The molecule has 142 valence electrons. The van der Waals surface area contributed by atoms with Crippen molar-refractivity contribution >= 4 is 17.6 Å². The SMILES string of the molecule is O=C1NC2CCC(NCc3ccccc3OCc3ccccc3Cl)CC2N1. The highest BCUT2D eigenvalue weighted by Crippen LogP contribution is 2.25. The number of urea groups is 1. The lowest BCUT2D eigenvalue weighted by Gasteiger charge is -2.31. The molecule has 2 aliphatic rings. The molecule has 0 bridgehead atoms. The number of halogens is 1. The summed E-state index contributed by atoms with van der Waals surface area (Å²) in [4.78, 5) is 11.5. The summed E-state index contributed by atoms with van der Waals surface area (Å²) in [5.41, 5.74) is 2.10. The molecule has 0 aromatic heterocycles. The van der Waals surface area contributed by atoms with Crippen LogP contribution >= 0.6 is 11.6 Å². The van der Waals surface area contributed by atoms with Gasteiger partial charge in [0.1, 0.15) is 12.4 Å². The lowest BCUT2D eigenvalue weighted by Crippen LogP contribution is -2.46. The molecular weight excluding hydrogens is 362 g/mol. The molecule has 3 unspecified atom stereocenters. The van der Waals surface area contributed by atoms with Gasteiger partial charge in [0, 0.05) is 28.7 Å². The van der Waals surface area contributed by atoms with Crippen molar-refractivity contribution in [3.05, 3.63) is 64.7 Å². The van der Waals surface area contributed by atoms with Crippen LogP contribution in [0.25, 0.3) is 0 Å². The Labute approximate surface area is 164 Å². The van der Waals surface area contributed by atoms with E-state index in [-0.39, 0.29) is 18.1 Å². The Hall–Kier alpha value is -2.24. The van der Waals surface area contributed by atoms with E-state index < -0.39 is 0 Å². The summed E-state index contributed by atoms with van der Waals surface area (Å²) < 4.78 is 6.04. The van der Waals surface area contributed by atoms with Crippen LogP contribution in [-0.4, -0.2) is 24.2 Å². The molecule has 3 atom stereocenters. The second kappa shape index (κ2) is 8.19. The van der Waals surface area contributed by atoms with Gasteiger partial charge in [-0.1, -0.05) is 48.0 Å². The third-order valence-electron chi connectivity index (χ3n) is 5.38. The average Bonchev–Trinajstić information content (AvgIpc) is 3.05. The topological polar surface area (TPSA) is 62.4 Å². The van der Waals surface area contributed by atoms with E-state index in [4.69, 9.17) is 16.3 Å². The number of rotatable bonds is 6. The third-order valence-corrected chi connectivity index (χ3v) is 5.75. The largest absolute Gasteiger partial charge is 0.489 e. The Morgan fingerprint density at radius 3 is 2.59 bits per heavy atom. The smallest absolute Gasteiger partial charge is 0.315 e. The van der Waals surface area contributed by atoms with Gasteiger partial charge in [-0.2, -0.15) is 0 Å². The molecule has 1 aliphatic carbocycles. The van der Waals surface area contributed by atoms with E-state index in [0.29, 0.717) is 12.6 Å². The van der Waals surface area contributed by atoms with Gasteiger partial charge in [0.05, 0.1) is 12.1 Å². The lowest BCUT2D eigenvalue weighted by molar-refractivity contribution is 0.247. The first kappa shape index (κ1) is 18.1. The first-order chi connectivity index (χ1) is 13.2. The predicted molar refractivity (Wildman–Crippen MR) is 106 cm³/mol. The summed E-state index contributed by atoms with van der Waals surface area (Å²) in [7, 11) is 0. The van der Waals surface area contributed by atoms with Crippen LogP contribution in [0, 0.1) is 0 Å². The van der Waals surface area contributed by atoms with Gasteiger partial charge in [-0.15, -0.1) is 0 Å². The number of amides is 2. The number of nitrogens with one attached hydrogen (secondary N) is 3. The number of carbonyl (C=O) groups is 1. The fourth-order valence-electron chi connectivity index (χ4n) is 3.88. The second-order valence-electron chi connectivity index (χ2n) is 7.21. The van der Waals surface area contributed by atoms with E-state index in [9.17, 15) is 4.79 Å². The molecule has 5 nitrogen and oxygen atoms in total. The minimum absolute atomic E-state index is 0.0380. The molecule has 1 heterocycles. The number of benzene rings is 2. The van der Waals surface area contributed by atoms with Gasteiger partial charge in [0.2, 0.25) is 0 Å². The summed E-state index contributed by atoms with van der Waals surface area (Å²) in [5.74, 6) is 0.870. The highest BCUT2D eigenvalue weighted by molar-refractivity contribution is 6.31. The predicted octanol–water partition coefficient (Wildman–Crippen LogP) is 3.61. The van der Waals surface area contributed by atoms with Crippen molar-refractivity contribution < 1.29 is 9.53 Å². The molecule has 1 saturated carbocycles. The number of fused-ring (bicyclic) bond motifs is 1. The Bertz CT molecular complexity index is 814. The normalized spacial score (nSPS) is 24.0. The van der Waals surface area contributed by atoms with Gasteiger partial charge < -0.3 is 20.7 Å². The summed E-state index contributed by atoms with van der Waals surface area (Å²) in [6, 6.07) is 16.7. The van der Waals surface area contributed by atoms with E-state index >= 15 is 0 Å². The Balaban J connectivity index is 1.34. The van der Waals surface area contributed by atoms with E-state index in [1.165, 1.54) is 0 Å². The van der Waals surface area contributed by atoms with Crippen molar-refractivity contribution in [3.8, 4) is 5.75 Å². The van der Waals surface area contributed by atoms with Crippen LogP contribution in [0.4, 0.5) is 4.79 Å². The van der Waals surface area contributed by atoms with E-state index in [1.807, 2.05) is 42.5 Å². The number of para-hydroxylation sites is 1. The van der Waals surface area contributed by atoms with Gasteiger partial charge in [0.15, 0.2) is 0 Å². The van der Waals surface area contributed by atoms with Crippen LogP contribution in [0.5, 0.6) is 5.75 Å². The zero-order chi connectivity index (χ0) is 18.6. The highest BCUT2D eigenvalue weighted by atomic mass is 35.5. The van der Waals surface area contributed by atoms with Crippen molar-refractivity contribution in [1.29, 1.82) is 0 Å². The molecule has 3 N–H and O–H groups in total. The highest BCUT2D eigenvalue weighted by Gasteiger charge is 2.36. The van der Waals surface area contributed by atoms with E-state index in [2.05, 4.69) is 22.0 Å². The Morgan fingerprint density at radius 1 is 1.00 bits per heavy atom. The fraction of sp³-hybridized carbons (Fsp3) is 0.381. The lowest BCUT2D eigenvalue weighted by atomic mass is 9.88. The summed E-state index contributed by atoms with van der Waals surface area (Å²) in [6.45, 7) is 1.18. The van der Waals surface area contributed by atoms with Crippen LogP contribution in [0.2, 0.25) is 5.02 Å². The summed E-state index contributed by atoms with van der Waals surface area (Å²) in [5, 5.41) is 10.3. The van der Waals surface area contributed by atoms with Gasteiger partial charge in [-0.25, -0.2) is 4.79 Å². The van der Waals surface area contributed by atoms with Crippen LogP contribution in [0.15, 0.2) is 48.5 Å². The van der Waals surface area contributed by atoms with Crippen LogP contribution in [-0.2, 0) is 13.2 Å². The molecule has 1 saturated heterocycles. The second-order valence-corrected chi connectivity index (χ2v) is 7.62. The molecule has 6 heteroatoms. The molecular formula is C21H24ClN3O2. The Kier molecular flexibility index (Phi) is 5.50. The number of ether oxygens (including phenoxy) is 1. The zero-order valence-corrected chi connectivity index (χ0v) is 15.8. The van der Waals surface area contributed by atoms with Crippen LogP contribution in [0.1, 0.15) is 30.4 Å². The van der Waals surface area contributed by atoms with Gasteiger partial charge in [-0.3, -0.25) is 0 Å². The van der Waals surface area contributed by atoms with Crippen molar-refractivity contribution in [3.63, 3.8) is 0 Å². The first-order valence-corrected chi connectivity index (χ1v) is 9.81. The third kappa shape index (κ3) is 4.37. The van der Waals surface area contributed by atoms with Crippen molar-refractivity contribution in [2.75, 3.05) is 0 Å². The fourth-order valence-corrected chi connectivity index (χ4v) is 4.07. The molecule has 1 aliphatic heterocycles. The maximum atomic E-state index is 11.5. The van der Waals surface area contributed by atoms with Crippen molar-refractivity contribution in [2.45, 2.75) is 50.5 Å². The van der Waals surface area contributed by atoms with Crippen molar-refractivity contribution in [1.82, 2.24) is 16.0 Å². The minimum Gasteiger partial charge on any atom is -0.489 e.